The van der Waals surface area contributed by atoms with Crippen molar-refractivity contribution in [3.63, 3.8) is 0 Å². The molecule has 5 N–H and O–H groups in total. The van der Waals surface area contributed by atoms with Gasteiger partial charge in [0.2, 0.25) is 5.88 Å². The van der Waals surface area contributed by atoms with Gasteiger partial charge in [-0.3, -0.25) is 23.7 Å². The fourth-order valence-electron chi connectivity index (χ4n) is 2.79. The molecule has 158 valence electrons. The zero-order valence-corrected chi connectivity index (χ0v) is 16.3. The summed E-state index contributed by atoms with van der Waals surface area (Å²) in [5.41, 5.74) is -2.14. The van der Waals surface area contributed by atoms with Crippen molar-refractivity contribution in [2.24, 2.45) is 0 Å². The fraction of sp³-hybridized carbons (Fsp3) is 0.263. The Morgan fingerprint density at radius 2 is 1.77 bits per heavy atom. The molecule has 0 unspecified atom stereocenters. The number of carbonyl (C=O) groups excluding carboxylic acids is 2. The van der Waals surface area contributed by atoms with Crippen molar-refractivity contribution in [2.45, 2.75) is 25.4 Å². The summed E-state index contributed by atoms with van der Waals surface area (Å²) >= 11 is 6.11. The molecule has 0 bridgehead atoms. The van der Waals surface area contributed by atoms with Gasteiger partial charge in [-0.25, -0.2) is 0 Å². The summed E-state index contributed by atoms with van der Waals surface area (Å²) in [4.78, 5) is 48.6. The molecule has 0 radical (unpaired) electrons. The van der Waals surface area contributed by atoms with Gasteiger partial charge < -0.3 is 26.0 Å². The van der Waals surface area contributed by atoms with E-state index in [0.29, 0.717) is 18.4 Å². The van der Waals surface area contributed by atoms with Crippen molar-refractivity contribution in [1.82, 2.24) is 15.2 Å². The minimum atomic E-state index is -1.36. The maximum atomic E-state index is 12.9. The summed E-state index contributed by atoms with van der Waals surface area (Å²) in [5.74, 6) is -5.39. The Morgan fingerprint density at radius 3 is 2.37 bits per heavy atom. The van der Waals surface area contributed by atoms with Gasteiger partial charge in [0.05, 0.1) is 6.54 Å². The normalized spacial score (nSPS) is 13.0. The Morgan fingerprint density at radius 1 is 1.10 bits per heavy atom. The highest BCUT2D eigenvalue weighted by Crippen LogP contribution is 2.30. The van der Waals surface area contributed by atoms with Crippen LogP contribution in [0.5, 0.6) is 11.6 Å². The number of nitrogens with zero attached hydrogens (tertiary/aromatic N) is 1. The monoisotopic (exact) mass is 435 g/mol. The molecule has 1 aromatic carbocycles. The van der Waals surface area contributed by atoms with E-state index in [0.717, 1.165) is 4.57 Å². The lowest BCUT2D eigenvalue weighted by Crippen LogP contribution is -2.37. The maximum absolute atomic E-state index is 12.9. The number of carbonyl (C=O) groups is 3. The molecule has 0 atom stereocenters. The van der Waals surface area contributed by atoms with E-state index in [2.05, 4.69) is 5.32 Å². The number of hydrogen-bond acceptors (Lipinski definition) is 6. The molecular formula is C19H18ClN3O7. The number of benzene rings is 1. The standard InChI is InChI=1S/C19H18ClN3O7/c20-11-4-2-1-3-9(11)8-23-18(29)13(16(27)21-7-12(24)25)15(26)14(19(23)30)17(28)22-10-5-6-10/h1-4,10,26,29H,5-8H2,(H,21,27)(H,22,28)(H,24,25). The first-order valence-electron chi connectivity index (χ1n) is 8.93. The van der Waals surface area contributed by atoms with Gasteiger partial charge in [0.1, 0.15) is 17.7 Å². The molecule has 10 nitrogen and oxygen atoms in total. The van der Waals surface area contributed by atoms with Crippen LogP contribution < -0.4 is 16.2 Å². The number of hydrogen-bond donors (Lipinski definition) is 5. The van der Waals surface area contributed by atoms with E-state index in [4.69, 9.17) is 16.7 Å². The van der Waals surface area contributed by atoms with Crippen LogP contribution in [0.3, 0.4) is 0 Å². The third-order valence-corrected chi connectivity index (χ3v) is 4.83. The van der Waals surface area contributed by atoms with Crippen molar-refractivity contribution in [1.29, 1.82) is 0 Å². The topological polar surface area (TPSA) is 158 Å². The second-order valence-corrected chi connectivity index (χ2v) is 7.14. The molecule has 3 rings (SSSR count). The van der Waals surface area contributed by atoms with Gasteiger partial charge in [-0.05, 0) is 24.5 Å². The SMILES string of the molecule is O=C(O)CNC(=O)c1c(O)c(C(=O)NC2CC2)c(=O)n(Cc2ccccc2Cl)c1O. The summed E-state index contributed by atoms with van der Waals surface area (Å²) in [6, 6.07) is 6.29. The van der Waals surface area contributed by atoms with E-state index in [9.17, 15) is 29.4 Å². The average Bonchev–Trinajstić information content (AvgIpc) is 3.48. The van der Waals surface area contributed by atoms with Gasteiger partial charge in [-0.15, -0.1) is 0 Å². The molecule has 1 saturated carbocycles. The molecule has 1 fully saturated rings. The van der Waals surface area contributed by atoms with E-state index in [1.807, 2.05) is 5.32 Å². The lowest BCUT2D eigenvalue weighted by Gasteiger charge is -2.17. The van der Waals surface area contributed by atoms with Crippen LogP contribution in [0.4, 0.5) is 0 Å². The van der Waals surface area contributed by atoms with Crippen LogP contribution in [0.15, 0.2) is 29.1 Å². The van der Waals surface area contributed by atoms with E-state index in [1.165, 1.54) is 0 Å². The highest BCUT2D eigenvalue weighted by molar-refractivity contribution is 6.31. The summed E-state index contributed by atoms with van der Waals surface area (Å²) in [6.07, 6.45) is 1.43. The first kappa shape index (κ1) is 21.2. The number of aromatic hydroxyl groups is 2. The molecule has 2 aromatic rings. The second kappa shape index (κ2) is 8.46. The summed E-state index contributed by atoms with van der Waals surface area (Å²) in [7, 11) is 0. The second-order valence-electron chi connectivity index (χ2n) is 6.73. The van der Waals surface area contributed by atoms with Gasteiger partial charge in [0.15, 0.2) is 5.75 Å². The number of carboxylic acid groups (broad SMARTS) is 1. The van der Waals surface area contributed by atoms with Crippen LogP contribution in [0, 0.1) is 0 Å². The van der Waals surface area contributed by atoms with Gasteiger partial charge in [-0.1, -0.05) is 29.8 Å². The van der Waals surface area contributed by atoms with Gasteiger partial charge in [0.25, 0.3) is 17.4 Å². The van der Waals surface area contributed by atoms with Gasteiger partial charge in [-0.2, -0.15) is 0 Å². The van der Waals surface area contributed by atoms with E-state index in [-0.39, 0.29) is 17.6 Å². The molecule has 11 heteroatoms. The molecule has 0 spiro atoms. The molecular weight excluding hydrogens is 418 g/mol. The summed E-state index contributed by atoms with van der Waals surface area (Å²) < 4.78 is 0.721. The number of rotatable bonds is 7. The molecule has 0 saturated heterocycles. The first-order chi connectivity index (χ1) is 14.2. The molecule has 1 heterocycles. The number of amides is 2. The Balaban J connectivity index is 2.14. The highest BCUT2D eigenvalue weighted by Gasteiger charge is 2.32. The predicted molar refractivity (Wildman–Crippen MR) is 105 cm³/mol. The summed E-state index contributed by atoms with van der Waals surface area (Å²) in [6.45, 7) is -1.10. The zero-order valence-electron chi connectivity index (χ0n) is 15.5. The molecule has 1 aliphatic rings. The lowest BCUT2D eigenvalue weighted by molar-refractivity contribution is -0.135. The number of carboxylic acids is 1. The summed E-state index contributed by atoms with van der Waals surface area (Å²) in [5, 5.41) is 34.6. The third-order valence-electron chi connectivity index (χ3n) is 4.47. The molecule has 1 aromatic heterocycles. The minimum absolute atomic E-state index is 0.147. The van der Waals surface area contributed by atoms with Crippen molar-refractivity contribution in [3.05, 3.63) is 56.3 Å². The van der Waals surface area contributed by atoms with Crippen LogP contribution in [-0.4, -0.2) is 50.3 Å². The minimum Gasteiger partial charge on any atom is -0.506 e. The molecule has 2 amide bonds. The van der Waals surface area contributed by atoms with Crippen LogP contribution in [-0.2, 0) is 11.3 Å². The van der Waals surface area contributed by atoms with E-state index >= 15 is 0 Å². The van der Waals surface area contributed by atoms with Crippen LogP contribution in [0.25, 0.3) is 0 Å². The number of aromatic nitrogens is 1. The third kappa shape index (κ3) is 4.38. The van der Waals surface area contributed by atoms with Crippen LogP contribution in [0.2, 0.25) is 5.02 Å². The highest BCUT2D eigenvalue weighted by atomic mass is 35.5. The largest absolute Gasteiger partial charge is 0.506 e. The number of aliphatic carboxylic acids is 1. The maximum Gasteiger partial charge on any atom is 0.322 e. The number of halogens is 1. The van der Waals surface area contributed by atoms with E-state index < -0.39 is 52.6 Å². The zero-order chi connectivity index (χ0) is 22.0. The first-order valence-corrected chi connectivity index (χ1v) is 9.31. The molecule has 0 aliphatic heterocycles. The van der Waals surface area contributed by atoms with Gasteiger partial charge in [0, 0.05) is 11.1 Å². The van der Waals surface area contributed by atoms with Crippen molar-refractivity contribution in [2.75, 3.05) is 6.54 Å². The van der Waals surface area contributed by atoms with Crippen LogP contribution in [0.1, 0.15) is 39.1 Å². The lowest BCUT2D eigenvalue weighted by atomic mass is 10.1. The van der Waals surface area contributed by atoms with Crippen molar-refractivity contribution >= 4 is 29.4 Å². The Bertz CT molecular complexity index is 1090. The number of pyridine rings is 1. The van der Waals surface area contributed by atoms with Crippen LogP contribution >= 0.6 is 11.6 Å². The smallest absolute Gasteiger partial charge is 0.322 e. The fourth-order valence-corrected chi connectivity index (χ4v) is 2.98. The van der Waals surface area contributed by atoms with Crippen molar-refractivity contribution < 1.29 is 29.7 Å². The average molecular weight is 436 g/mol. The molecule has 30 heavy (non-hydrogen) atoms. The number of nitrogens with one attached hydrogen (secondary N) is 2. The Labute approximate surface area is 174 Å². The van der Waals surface area contributed by atoms with Gasteiger partial charge >= 0.3 is 5.97 Å². The van der Waals surface area contributed by atoms with Crippen molar-refractivity contribution in [3.8, 4) is 11.6 Å². The Kier molecular flexibility index (Phi) is 5.97. The van der Waals surface area contributed by atoms with E-state index in [1.54, 1.807) is 24.3 Å². The Hall–Kier alpha value is -3.53. The quantitative estimate of drug-likeness (QED) is 0.427. The predicted octanol–water partition coefficient (Wildman–Crippen LogP) is 0.668. The molecule has 1 aliphatic carbocycles.